The Morgan fingerprint density at radius 1 is 1.53 bits per heavy atom. The second-order valence-electron chi connectivity index (χ2n) is 4.24. The molecule has 1 aromatic rings. The topological polar surface area (TPSA) is 64.3 Å². The monoisotopic (exact) mass is 234 g/mol. The van der Waals surface area contributed by atoms with Crippen molar-refractivity contribution in [3.05, 3.63) is 23.8 Å². The highest BCUT2D eigenvalue weighted by Crippen LogP contribution is 2.31. The average Bonchev–Trinajstić information content (AvgIpc) is 2.51. The van der Waals surface area contributed by atoms with Gasteiger partial charge in [-0.1, -0.05) is 13.0 Å². The van der Waals surface area contributed by atoms with Crippen LogP contribution in [0.3, 0.4) is 0 Å². The van der Waals surface area contributed by atoms with Crippen LogP contribution in [0.2, 0.25) is 0 Å². The van der Waals surface area contributed by atoms with Gasteiger partial charge in [0.25, 0.3) is 0 Å². The summed E-state index contributed by atoms with van der Waals surface area (Å²) >= 11 is 0. The van der Waals surface area contributed by atoms with Crippen molar-refractivity contribution in [3.8, 4) is 5.75 Å². The standard InChI is InChI=1S/C13H18N2O2/c1-2-9(8-14)10-3-4-12-11(7-10)15-13(16)5-6-17-12/h3-4,7,9H,2,5-6,8,14H2,1H3,(H,15,16). The van der Waals surface area contributed by atoms with Crippen LogP contribution in [0.4, 0.5) is 5.69 Å². The molecule has 3 N–H and O–H groups in total. The first kappa shape index (κ1) is 11.9. The molecule has 1 aliphatic rings. The van der Waals surface area contributed by atoms with Gasteiger partial charge in [0.15, 0.2) is 0 Å². The van der Waals surface area contributed by atoms with Gasteiger partial charge in [-0.2, -0.15) is 0 Å². The van der Waals surface area contributed by atoms with E-state index in [4.69, 9.17) is 10.5 Å². The Morgan fingerprint density at radius 3 is 3.06 bits per heavy atom. The first-order valence-electron chi connectivity index (χ1n) is 6.01. The lowest BCUT2D eigenvalue weighted by Crippen LogP contribution is -2.13. The molecule has 0 aromatic heterocycles. The molecule has 1 unspecified atom stereocenters. The number of anilines is 1. The van der Waals surface area contributed by atoms with Gasteiger partial charge in [-0.3, -0.25) is 4.79 Å². The number of amides is 1. The van der Waals surface area contributed by atoms with E-state index < -0.39 is 0 Å². The lowest BCUT2D eigenvalue weighted by molar-refractivity contribution is -0.116. The van der Waals surface area contributed by atoms with Crippen molar-refractivity contribution in [2.75, 3.05) is 18.5 Å². The zero-order valence-electron chi connectivity index (χ0n) is 10.0. The smallest absolute Gasteiger partial charge is 0.227 e. The summed E-state index contributed by atoms with van der Waals surface area (Å²) in [6.07, 6.45) is 1.39. The van der Waals surface area contributed by atoms with E-state index in [9.17, 15) is 4.79 Å². The predicted molar refractivity (Wildman–Crippen MR) is 67.3 cm³/mol. The normalized spacial score (nSPS) is 16.5. The minimum Gasteiger partial charge on any atom is -0.491 e. The maximum atomic E-state index is 11.5. The number of hydrogen-bond donors (Lipinski definition) is 2. The van der Waals surface area contributed by atoms with Crippen LogP contribution in [0.15, 0.2) is 18.2 Å². The third-order valence-corrected chi connectivity index (χ3v) is 3.11. The quantitative estimate of drug-likeness (QED) is 0.839. The van der Waals surface area contributed by atoms with Crippen LogP contribution in [-0.4, -0.2) is 19.1 Å². The zero-order valence-corrected chi connectivity index (χ0v) is 10.0. The maximum absolute atomic E-state index is 11.5. The number of carbonyl (C=O) groups is 1. The fourth-order valence-corrected chi connectivity index (χ4v) is 2.03. The highest BCUT2D eigenvalue weighted by molar-refractivity contribution is 5.93. The molecule has 17 heavy (non-hydrogen) atoms. The Hall–Kier alpha value is -1.55. The highest BCUT2D eigenvalue weighted by Gasteiger charge is 2.16. The van der Waals surface area contributed by atoms with E-state index in [0.29, 0.717) is 25.5 Å². The number of nitrogens with one attached hydrogen (secondary N) is 1. The van der Waals surface area contributed by atoms with E-state index in [-0.39, 0.29) is 5.91 Å². The fourth-order valence-electron chi connectivity index (χ4n) is 2.03. The highest BCUT2D eigenvalue weighted by atomic mass is 16.5. The largest absolute Gasteiger partial charge is 0.491 e. The molecular weight excluding hydrogens is 216 g/mol. The van der Waals surface area contributed by atoms with E-state index in [0.717, 1.165) is 23.4 Å². The van der Waals surface area contributed by atoms with Crippen LogP contribution < -0.4 is 15.8 Å². The van der Waals surface area contributed by atoms with Crippen molar-refractivity contribution < 1.29 is 9.53 Å². The first-order valence-corrected chi connectivity index (χ1v) is 6.01. The van der Waals surface area contributed by atoms with E-state index in [1.807, 2.05) is 18.2 Å². The number of benzene rings is 1. The lowest BCUT2D eigenvalue weighted by Gasteiger charge is -2.15. The summed E-state index contributed by atoms with van der Waals surface area (Å²) in [5, 5.41) is 2.86. The van der Waals surface area contributed by atoms with Gasteiger partial charge >= 0.3 is 0 Å². The molecule has 4 nitrogen and oxygen atoms in total. The maximum Gasteiger partial charge on any atom is 0.227 e. The van der Waals surface area contributed by atoms with E-state index in [1.54, 1.807) is 0 Å². The van der Waals surface area contributed by atoms with Gasteiger partial charge in [0.05, 0.1) is 18.7 Å². The molecule has 4 heteroatoms. The molecule has 0 fully saturated rings. The minimum atomic E-state index is 0.00157. The lowest BCUT2D eigenvalue weighted by atomic mass is 9.96. The van der Waals surface area contributed by atoms with E-state index in [2.05, 4.69) is 12.2 Å². The fraction of sp³-hybridized carbons (Fsp3) is 0.462. The zero-order chi connectivity index (χ0) is 12.3. The van der Waals surface area contributed by atoms with Gasteiger partial charge in [0.2, 0.25) is 5.91 Å². The van der Waals surface area contributed by atoms with E-state index >= 15 is 0 Å². The summed E-state index contributed by atoms with van der Waals surface area (Å²) in [5.74, 6) is 1.08. The summed E-state index contributed by atoms with van der Waals surface area (Å²) in [6, 6.07) is 5.91. The molecule has 0 bridgehead atoms. The van der Waals surface area contributed by atoms with Crippen molar-refractivity contribution in [3.63, 3.8) is 0 Å². The van der Waals surface area contributed by atoms with Crippen molar-refractivity contribution in [1.82, 2.24) is 0 Å². The molecule has 1 aromatic carbocycles. The Labute approximate surface area is 101 Å². The van der Waals surface area contributed by atoms with Gasteiger partial charge in [0, 0.05) is 0 Å². The third kappa shape index (κ3) is 2.58. The summed E-state index contributed by atoms with van der Waals surface area (Å²) < 4.78 is 5.51. The Balaban J connectivity index is 2.31. The summed E-state index contributed by atoms with van der Waals surface area (Å²) in [7, 11) is 0. The summed E-state index contributed by atoms with van der Waals surface area (Å²) in [4.78, 5) is 11.5. The SMILES string of the molecule is CCC(CN)c1ccc2c(c1)NC(=O)CCO2. The van der Waals surface area contributed by atoms with Crippen molar-refractivity contribution >= 4 is 11.6 Å². The Kier molecular flexibility index (Phi) is 3.64. The Morgan fingerprint density at radius 2 is 2.35 bits per heavy atom. The van der Waals surface area contributed by atoms with Crippen LogP contribution in [0.25, 0.3) is 0 Å². The average molecular weight is 234 g/mol. The van der Waals surface area contributed by atoms with Crippen LogP contribution in [-0.2, 0) is 4.79 Å². The molecule has 92 valence electrons. The summed E-state index contributed by atoms with van der Waals surface area (Å²) in [5.41, 5.74) is 7.64. The van der Waals surface area contributed by atoms with Crippen LogP contribution in [0, 0.1) is 0 Å². The minimum absolute atomic E-state index is 0.00157. The number of rotatable bonds is 3. The molecule has 1 amide bonds. The van der Waals surface area contributed by atoms with E-state index in [1.165, 1.54) is 0 Å². The van der Waals surface area contributed by atoms with Crippen LogP contribution >= 0.6 is 0 Å². The first-order chi connectivity index (χ1) is 8.24. The second kappa shape index (κ2) is 5.19. The molecule has 0 spiro atoms. The molecular formula is C13H18N2O2. The van der Waals surface area contributed by atoms with Crippen molar-refractivity contribution in [2.24, 2.45) is 5.73 Å². The number of fused-ring (bicyclic) bond motifs is 1. The second-order valence-corrected chi connectivity index (χ2v) is 4.24. The van der Waals surface area contributed by atoms with Crippen LogP contribution in [0.5, 0.6) is 5.75 Å². The van der Waals surface area contributed by atoms with Gasteiger partial charge in [-0.15, -0.1) is 0 Å². The third-order valence-electron chi connectivity index (χ3n) is 3.11. The van der Waals surface area contributed by atoms with Crippen molar-refractivity contribution in [2.45, 2.75) is 25.7 Å². The summed E-state index contributed by atoms with van der Waals surface area (Å²) in [6.45, 7) is 3.16. The molecule has 1 atom stereocenters. The molecule has 2 rings (SSSR count). The molecule has 1 aliphatic heterocycles. The molecule has 0 radical (unpaired) electrons. The Bertz CT molecular complexity index is 414. The van der Waals surface area contributed by atoms with Crippen LogP contribution in [0.1, 0.15) is 31.2 Å². The number of hydrogen-bond acceptors (Lipinski definition) is 3. The van der Waals surface area contributed by atoms with Gasteiger partial charge < -0.3 is 15.8 Å². The molecule has 0 aliphatic carbocycles. The molecule has 1 heterocycles. The number of ether oxygens (including phenoxy) is 1. The van der Waals surface area contributed by atoms with Gasteiger partial charge in [0.1, 0.15) is 5.75 Å². The molecule has 0 saturated heterocycles. The predicted octanol–water partition coefficient (Wildman–Crippen LogP) is 1.86. The van der Waals surface area contributed by atoms with Gasteiger partial charge in [-0.05, 0) is 36.6 Å². The van der Waals surface area contributed by atoms with Gasteiger partial charge in [-0.25, -0.2) is 0 Å². The number of carbonyl (C=O) groups excluding carboxylic acids is 1. The molecule has 0 saturated carbocycles. The van der Waals surface area contributed by atoms with Crippen molar-refractivity contribution in [1.29, 1.82) is 0 Å². The number of nitrogens with two attached hydrogens (primary N) is 1.